The van der Waals surface area contributed by atoms with Crippen molar-refractivity contribution < 1.29 is 9.59 Å². The lowest BCUT2D eigenvalue weighted by Gasteiger charge is -2.33. The monoisotopic (exact) mass is 422 g/mol. The smallest absolute Gasteiger partial charge is 0.220 e. The number of Topliss-reactive ketones (excluding diaryl/α,β-unsaturated/α-hetero) is 1. The van der Waals surface area contributed by atoms with Crippen LogP contribution in [0.3, 0.4) is 0 Å². The number of amides is 1. The molecule has 0 radical (unpaired) electrons. The Hall–Kier alpha value is -2.73. The molecule has 0 bridgehead atoms. The van der Waals surface area contributed by atoms with Crippen LogP contribution in [0.2, 0.25) is 0 Å². The standard InChI is InChI=1S/C25H34N4O2/c1-19(2)16-20-4-6-22(7-5-20)23(30)8-9-25(31)27-18-21-10-11-26-24(17-21)29-14-12-28(3)13-15-29/h4-7,10-11,17,19H,8-9,12-16,18H2,1-3H3,(H,27,31). The highest BCUT2D eigenvalue weighted by molar-refractivity contribution is 5.97. The van der Waals surface area contributed by atoms with Crippen LogP contribution in [0.4, 0.5) is 5.82 Å². The number of carbonyl (C=O) groups is 2. The molecule has 31 heavy (non-hydrogen) atoms. The molecule has 0 spiro atoms. The van der Waals surface area contributed by atoms with Crippen LogP contribution in [0.25, 0.3) is 0 Å². The summed E-state index contributed by atoms with van der Waals surface area (Å²) in [5, 5.41) is 2.93. The summed E-state index contributed by atoms with van der Waals surface area (Å²) in [6.45, 7) is 8.77. The van der Waals surface area contributed by atoms with E-state index in [2.05, 4.69) is 41.0 Å². The van der Waals surface area contributed by atoms with Crippen LogP contribution in [-0.2, 0) is 17.8 Å². The van der Waals surface area contributed by atoms with Crippen molar-refractivity contribution in [1.29, 1.82) is 0 Å². The van der Waals surface area contributed by atoms with Gasteiger partial charge in [0.1, 0.15) is 5.82 Å². The van der Waals surface area contributed by atoms with Gasteiger partial charge in [0.2, 0.25) is 5.91 Å². The quantitative estimate of drug-likeness (QED) is 0.628. The Morgan fingerprint density at radius 1 is 1.00 bits per heavy atom. The molecule has 0 unspecified atom stereocenters. The highest BCUT2D eigenvalue weighted by Crippen LogP contribution is 2.15. The van der Waals surface area contributed by atoms with E-state index in [4.69, 9.17) is 0 Å². The molecule has 6 nitrogen and oxygen atoms in total. The Bertz CT molecular complexity index is 871. The molecule has 1 N–H and O–H groups in total. The SMILES string of the molecule is CC(C)Cc1ccc(C(=O)CCC(=O)NCc2ccnc(N3CCN(C)CC3)c2)cc1. The first-order valence-electron chi connectivity index (χ1n) is 11.2. The minimum Gasteiger partial charge on any atom is -0.354 e. The molecular weight excluding hydrogens is 388 g/mol. The minimum atomic E-state index is -0.109. The van der Waals surface area contributed by atoms with Crippen molar-refractivity contribution in [2.24, 2.45) is 5.92 Å². The largest absolute Gasteiger partial charge is 0.354 e. The Labute approximate surface area is 185 Å². The van der Waals surface area contributed by atoms with Gasteiger partial charge in [-0.15, -0.1) is 0 Å². The van der Waals surface area contributed by atoms with Crippen LogP contribution >= 0.6 is 0 Å². The predicted octanol–water partition coefficient (Wildman–Crippen LogP) is 3.31. The van der Waals surface area contributed by atoms with Gasteiger partial charge in [-0.05, 0) is 42.6 Å². The Morgan fingerprint density at radius 3 is 2.39 bits per heavy atom. The number of nitrogens with zero attached hydrogens (tertiary/aromatic N) is 3. The summed E-state index contributed by atoms with van der Waals surface area (Å²) in [5.74, 6) is 1.44. The molecule has 6 heteroatoms. The predicted molar refractivity (Wildman–Crippen MR) is 124 cm³/mol. The summed E-state index contributed by atoms with van der Waals surface area (Å²) in [6, 6.07) is 11.7. The highest BCUT2D eigenvalue weighted by Gasteiger charge is 2.15. The fraction of sp³-hybridized carbons (Fsp3) is 0.480. The third-order valence-electron chi connectivity index (χ3n) is 5.63. The van der Waals surface area contributed by atoms with Crippen molar-refractivity contribution >= 4 is 17.5 Å². The number of piperazine rings is 1. The fourth-order valence-electron chi connectivity index (χ4n) is 3.74. The van der Waals surface area contributed by atoms with Crippen LogP contribution in [-0.4, -0.2) is 54.8 Å². The van der Waals surface area contributed by atoms with Gasteiger partial charge in [-0.25, -0.2) is 4.98 Å². The molecule has 1 amide bonds. The van der Waals surface area contributed by atoms with Crippen molar-refractivity contribution in [3.8, 4) is 0 Å². The van der Waals surface area contributed by atoms with E-state index in [9.17, 15) is 9.59 Å². The minimum absolute atomic E-state index is 0.00695. The van der Waals surface area contributed by atoms with Crippen LogP contribution < -0.4 is 10.2 Å². The first-order chi connectivity index (χ1) is 14.9. The first kappa shape index (κ1) is 22.9. The third-order valence-corrected chi connectivity index (χ3v) is 5.63. The number of anilines is 1. The van der Waals surface area contributed by atoms with Crippen molar-refractivity contribution in [2.45, 2.75) is 39.7 Å². The fourth-order valence-corrected chi connectivity index (χ4v) is 3.74. The second-order valence-corrected chi connectivity index (χ2v) is 8.81. The zero-order valence-electron chi connectivity index (χ0n) is 18.9. The molecule has 0 aliphatic carbocycles. The number of benzene rings is 1. The number of hydrogen-bond donors (Lipinski definition) is 1. The molecule has 1 aromatic carbocycles. The van der Waals surface area contributed by atoms with Gasteiger partial charge >= 0.3 is 0 Å². The number of carbonyl (C=O) groups excluding carboxylic acids is 2. The van der Waals surface area contributed by atoms with Crippen molar-refractivity contribution in [3.05, 3.63) is 59.3 Å². The van der Waals surface area contributed by atoms with E-state index in [1.807, 2.05) is 36.4 Å². The van der Waals surface area contributed by atoms with E-state index < -0.39 is 0 Å². The molecule has 2 heterocycles. The van der Waals surface area contributed by atoms with Gasteiger partial charge in [0, 0.05) is 57.3 Å². The number of hydrogen-bond acceptors (Lipinski definition) is 5. The molecule has 1 saturated heterocycles. The lowest BCUT2D eigenvalue weighted by atomic mass is 9.99. The number of aromatic nitrogens is 1. The van der Waals surface area contributed by atoms with Crippen LogP contribution in [0.5, 0.6) is 0 Å². The van der Waals surface area contributed by atoms with Crippen molar-refractivity contribution in [3.63, 3.8) is 0 Å². The zero-order valence-corrected chi connectivity index (χ0v) is 18.9. The summed E-state index contributed by atoms with van der Waals surface area (Å²) < 4.78 is 0. The maximum Gasteiger partial charge on any atom is 0.220 e. The van der Waals surface area contributed by atoms with Crippen LogP contribution in [0, 0.1) is 5.92 Å². The van der Waals surface area contributed by atoms with Gasteiger partial charge in [0.05, 0.1) is 0 Å². The second kappa shape index (κ2) is 11.0. The average molecular weight is 423 g/mol. The van der Waals surface area contributed by atoms with Gasteiger partial charge in [0.25, 0.3) is 0 Å². The summed E-state index contributed by atoms with van der Waals surface area (Å²) in [4.78, 5) is 33.7. The Balaban J connectivity index is 1.44. The number of nitrogens with one attached hydrogen (secondary N) is 1. The van der Waals surface area contributed by atoms with E-state index in [1.165, 1.54) is 5.56 Å². The van der Waals surface area contributed by atoms with Gasteiger partial charge < -0.3 is 15.1 Å². The van der Waals surface area contributed by atoms with Crippen molar-refractivity contribution in [1.82, 2.24) is 15.2 Å². The van der Waals surface area contributed by atoms with Gasteiger partial charge in [0.15, 0.2) is 5.78 Å². The maximum absolute atomic E-state index is 12.4. The molecule has 1 fully saturated rings. The Kier molecular flexibility index (Phi) is 8.18. The summed E-state index contributed by atoms with van der Waals surface area (Å²) in [6.07, 6.45) is 3.21. The number of ketones is 1. The summed E-state index contributed by atoms with van der Waals surface area (Å²) in [7, 11) is 2.13. The molecule has 1 aliphatic heterocycles. The van der Waals surface area contributed by atoms with Crippen LogP contribution in [0.15, 0.2) is 42.6 Å². The molecule has 1 aliphatic rings. The second-order valence-electron chi connectivity index (χ2n) is 8.81. The topological polar surface area (TPSA) is 65.5 Å². The Morgan fingerprint density at radius 2 is 1.71 bits per heavy atom. The molecule has 1 aromatic heterocycles. The van der Waals surface area contributed by atoms with Crippen LogP contribution in [0.1, 0.15) is 48.2 Å². The molecule has 0 atom stereocenters. The third kappa shape index (κ3) is 7.17. The maximum atomic E-state index is 12.4. The molecule has 0 saturated carbocycles. The van der Waals surface area contributed by atoms with Gasteiger partial charge in [-0.3, -0.25) is 9.59 Å². The number of pyridine rings is 1. The number of rotatable bonds is 9. The van der Waals surface area contributed by atoms with Gasteiger partial charge in [-0.2, -0.15) is 0 Å². The molecular formula is C25H34N4O2. The zero-order chi connectivity index (χ0) is 22.2. The van der Waals surface area contributed by atoms with E-state index in [1.54, 1.807) is 6.20 Å². The highest BCUT2D eigenvalue weighted by atomic mass is 16.2. The summed E-state index contributed by atoms with van der Waals surface area (Å²) >= 11 is 0. The first-order valence-corrected chi connectivity index (χ1v) is 11.2. The lowest BCUT2D eigenvalue weighted by molar-refractivity contribution is -0.121. The molecule has 3 rings (SSSR count). The van der Waals surface area contributed by atoms with Crippen molar-refractivity contribution in [2.75, 3.05) is 38.1 Å². The summed E-state index contributed by atoms with van der Waals surface area (Å²) in [5.41, 5.74) is 2.92. The van der Waals surface area contributed by atoms with Gasteiger partial charge in [-0.1, -0.05) is 38.1 Å². The molecule has 166 valence electrons. The average Bonchev–Trinajstić information content (AvgIpc) is 2.77. The van der Waals surface area contributed by atoms with E-state index in [-0.39, 0.29) is 24.5 Å². The number of likely N-dealkylation sites (N-methyl/N-ethyl adjacent to an activating group) is 1. The normalized spacial score (nSPS) is 14.6. The van der Waals surface area contributed by atoms with E-state index in [0.29, 0.717) is 18.0 Å². The van der Waals surface area contributed by atoms with E-state index in [0.717, 1.165) is 44.0 Å². The molecule has 2 aromatic rings. The van der Waals surface area contributed by atoms with E-state index >= 15 is 0 Å². The lowest BCUT2D eigenvalue weighted by Crippen LogP contribution is -2.44.